The zero-order valence-electron chi connectivity index (χ0n) is 22.1. The number of hydrogen-bond acceptors (Lipinski definition) is 5. The van der Waals surface area contributed by atoms with E-state index in [4.69, 9.17) is 25.5 Å². The maximum absolute atomic E-state index is 13.7. The molecule has 0 bridgehead atoms. The molecule has 0 saturated carbocycles. The van der Waals surface area contributed by atoms with Crippen molar-refractivity contribution < 1.29 is 18.7 Å². The van der Waals surface area contributed by atoms with Crippen LogP contribution in [0.15, 0.2) is 45.6 Å². The summed E-state index contributed by atoms with van der Waals surface area (Å²) < 4.78 is 17.7. The van der Waals surface area contributed by atoms with Gasteiger partial charge in [-0.25, -0.2) is 0 Å². The molecule has 2 aromatic carbocycles. The van der Waals surface area contributed by atoms with Crippen molar-refractivity contribution >= 4 is 28.5 Å². The summed E-state index contributed by atoms with van der Waals surface area (Å²) in [7, 11) is 0. The van der Waals surface area contributed by atoms with E-state index in [9.17, 15) is 9.59 Å². The number of halogens is 1. The molecular formula is C30H36ClNO5. The van der Waals surface area contributed by atoms with Crippen LogP contribution in [0, 0.1) is 6.92 Å². The number of ether oxygens (including phenoxy) is 2. The lowest BCUT2D eigenvalue weighted by Crippen LogP contribution is -2.31. The highest BCUT2D eigenvalue weighted by atomic mass is 35.5. The van der Waals surface area contributed by atoms with Crippen LogP contribution in [0.5, 0.6) is 5.75 Å². The Hall–Kier alpha value is -2.83. The first-order chi connectivity index (χ1) is 17.8. The van der Waals surface area contributed by atoms with Crippen LogP contribution in [0.2, 0.25) is 5.02 Å². The molecule has 1 aromatic heterocycles. The number of aryl methyl sites for hydroxylation is 1. The summed E-state index contributed by atoms with van der Waals surface area (Å²) in [6.45, 7) is 9.61. The minimum absolute atomic E-state index is 0.102. The van der Waals surface area contributed by atoms with Crippen molar-refractivity contribution in [2.45, 2.75) is 71.9 Å². The molecule has 0 N–H and O–H groups in total. The number of nitrogens with zero attached hydrogens (tertiary/aromatic N) is 1. The molecule has 3 aromatic rings. The fourth-order valence-corrected chi connectivity index (χ4v) is 4.90. The first-order valence-electron chi connectivity index (χ1n) is 13.2. The van der Waals surface area contributed by atoms with Gasteiger partial charge in [0.25, 0.3) is 5.91 Å². The average Bonchev–Trinajstić information content (AvgIpc) is 3.15. The van der Waals surface area contributed by atoms with Crippen molar-refractivity contribution in [3.63, 3.8) is 0 Å². The minimum atomic E-state index is -0.555. The van der Waals surface area contributed by atoms with Crippen molar-refractivity contribution in [3.8, 4) is 5.75 Å². The SMILES string of the molecule is CCCCCCOc1ccc(C2c3c(oc4cc(C)c(Cl)cc4c3=O)C(=O)N2CCCOC(C)C)cc1. The fraction of sp³-hybridized carbons (Fsp3) is 0.467. The van der Waals surface area contributed by atoms with Crippen LogP contribution in [0.1, 0.15) is 86.2 Å². The number of carbonyl (C=O) groups is 1. The number of fused-ring (bicyclic) bond motifs is 2. The third-order valence-electron chi connectivity index (χ3n) is 6.70. The molecule has 0 fully saturated rings. The lowest BCUT2D eigenvalue weighted by molar-refractivity contribution is 0.0593. The summed E-state index contributed by atoms with van der Waals surface area (Å²) in [6.07, 6.45) is 5.31. The van der Waals surface area contributed by atoms with Crippen LogP contribution < -0.4 is 10.2 Å². The highest BCUT2D eigenvalue weighted by molar-refractivity contribution is 6.32. The van der Waals surface area contributed by atoms with Gasteiger partial charge in [0.1, 0.15) is 11.3 Å². The largest absolute Gasteiger partial charge is 0.494 e. The van der Waals surface area contributed by atoms with Crippen LogP contribution in [0.25, 0.3) is 11.0 Å². The molecule has 1 unspecified atom stereocenters. The normalized spacial score (nSPS) is 15.1. The first-order valence-corrected chi connectivity index (χ1v) is 13.6. The van der Waals surface area contributed by atoms with Gasteiger partial charge in [-0.2, -0.15) is 0 Å². The van der Waals surface area contributed by atoms with Gasteiger partial charge >= 0.3 is 0 Å². The molecule has 0 aliphatic carbocycles. The average molecular weight is 526 g/mol. The van der Waals surface area contributed by atoms with Crippen molar-refractivity contribution in [1.29, 1.82) is 0 Å². The summed E-state index contributed by atoms with van der Waals surface area (Å²) in [5, 5.41) is 0.868. The number of benzene rings is 2. The first kappa shape index (κ1) is 27.2. The van der Waals surface area contributed by atoms with Crippen molar-refractivity contribution in [3.05, 3.63) is 74.1 Å². The van der Waals surface area contributed by atoms with Crippen LogP contribution in [0.4, 0.5) is 0 Å². The summed E-state index contributed by atoms with van der Waals surface area (Å²) in [6, 6.07) is 10.5. The van der Waals surface area contributed by atoms with E-state index in [1.165, 1.54) is 12.8 Å². The lowest BCUT2D eigenvalue weighted by atomic mass is 9.98. The van der Waals surface area contributed by atoms with E-state index in [0.29, 0.717) is 47.7 Å². The van der Waals surface area contributed by atoms with Gasteiger partial charge in [0, 0.05) is 18.2 Å². The minimum Gasteiger partial charge on any atom is -0.494 e. The second-order valence-electron chi connectivity index (χ2n) is 9.92. The molecule has 1 aliphatic heterocycles. The van der Waals surface area contributed by atoms with E-state index >= 15 is 0 Å². The van der Waals surface area contributed by atoms with E-state index in [0.717, 1.165) is 29.7 Å². The van der Waals surface area contributed by atoms with Crippen LogP contribution in [-0.2, 0) is 4.74 Å². The Morgan fingerprint density at radius 3 is 2.49 bits per heavy atom. The summed E-state index contributed by atoms with van der Waals surface area (Å²) in [4.78, 5) is 29.0. The predicted molar refractivity (Wildman–Crippen MR) is 147 cm³/mol. The lowest BCUT2D eigenvalue weighted by Gasteiger charge is -2.25. The summed E-state index contributed by atoms with van der Waals surface area (Å²) >= 11 is 6.33. The second kappa shape index (κ2) is 12.1. The molecule has 0 saturated heterocycles. The highest BCUT2D eigenvalue weighted by Gasteiger charge is 2.42. The van der Waals surface area contributed by atoms with Crippen molar-refractivity contribution in [2.24, 2.45) is 0 Å². The monoisotopic (exact) mass is 525 g/mol. The molecule has 0 spiro atoms. The van der Waals surface area contributed by atoms with Gasteiger partial charge in [0.15, 0.2) is 5.43 Å². The van der Waals surface area contributed by atoms with E-state index in [2.05, 4.69) is 6.92 Å². The predicted octanol–water partition coefficient (Wildman–Crippen LogP) is 7.07. The Bertz CT molecular complexity index is 1300. The maximum Gasteiger partial charge on any atom is 0.290 e. The Labute approximate surface area is 223 Å². The summed E-state index contributed by atoms with van der Waals surface area (Å²) in [5.41, 5.74) is 2.12. The Morgan fingerprint density at radius 1 is 1.03 bits per heavy atom. The summed E-state index contributed by atoms with van der Waals surface area (Å²) in [5.74, 6) is 0.590. The zero-order valence-corrected chi connectivity index (χ0v) is 22.9. The van der Waals surface area contributed by atoms with Gasteiger partial charge in [-0.05, 0) is 69.0 Å². The maximum atomic E-state index is 13.7. The molecule has 1 amide bonds. The molecule has 6 nitrogen and oxygen atoms in total. The van der Waals surface area contributed by atoms with Gasteiger partial charge < -0.3 is 18.8 Å². The Balaban J connectivity index is 1.67. The second-order valence-corrected chi connectivity index (χ2v) is 10.3. The van der Waals surface area contributed by atoms with Gasteiger partial charge in [-0.3, -0.25) is 9.59 Å². The van der Waals surface area contributed by atoms with E-state index < -0.39 is 6.04 Å². The van der Waals surface area contributed by atoms with Crippen LogP contribution in [-0.4, -0.2) is 36.7 Å². The molecular weight excluding hydrogens is 490 g/mol. The van der Waals surface area contributed by atoms with Gasteiger partial charge in [-0.1, -0.05) is 49.9 Å². The molecule has 2 heterocycles. The number of amides is 1. The number of unbranched alkanes of at least 4 members (excludes halogenated alkanes) is 3. The third kappa shape index (κ3) is 6.02. The topological polar surface area (TPSA) is 69.0 Å². The molecule has 4 rings (SSSR count). The van der Waals surface area contributed by atoms with Crippen LogP contribution in [0.3, 0.4) is 0 Å². The molecule has 37 heavy (non-hydrogen) atoms. The van der Waals surface area contributed by atoms with Crippen molar-refractivity contribution in [2.75, 3.05) is 19.8 Å². The van der Waals surface area contributed by atoms with E-state index in [-0.39, 0.29) is 23.2 Å². The van der Waals surface area contributed by atoms with Gasteiger partial charge in [0.2, 0.25) is 5.76 Å². The Kier molecular flexibility index (Phi) is 8.93. The highest BCUT2D eigenvalue weighted by Crippen LogP contribution is 2.39. The molecule has 7 heteroatoms. The van der Waals surface area contributed by atoms with E-state index in [1.54, 1.807) is 17.0 Å². The third-order valence-corrected chi connectivity index (χ3v) is 7.11. The molecule has 0 radical (unpaired) electrons. The zero-order chi connectivity index (χ0) is 26.5. The number of rotatable bonds is 12. The number of hydrogen-bond donors (Lipinski definition) is 0. The quantitative estimate of drug-likeness (QED) is 0.236. The van der Waals surface area contributed by atoms with E-state index in [1.807, 2.05) is 45.0 Å². The smallest absolute Gasteiger partial charge is 0.290 e. The fourth-order valence-electron chi connectivity index (χ4n) is 4.74. The van der Waals surface area contributed by atoms with Gasteiger partial charge in [0.05, 0.1) is 29.7 Å². The molecule has 198 valence electrons. The molecule has 1 aliphatic rings. The Morgan fingerprint density at radius 2 is 1.78 bits per heavy atom. The number of carbonyl (C=O) groups excluding carboxylic acids is 1. The van der Waals surface area contributed by atoms with Crippen molar-refractivity contribution in [1.82, 2.24) is 4.90 Å². The standard InChI is InChI=1S/C30H36ClNO5/c1-5-6-7-8-15-36-22-12-10-21(11-13-22)27-26-28(33)23-18-24(31)20(4)17-25(23)37-29(26)30(34)32(27)14-9-16-35-19(2)3/h10-13,17-19,27H,5-9,14-16H2,1-4H3. The van der Waals surface area contributed by atoms with Crippen LogP contribution >= 0.6 is 11.6 Å². The molecule has 1 atom stereocenters. The van der Waals surface area contributed by atoms with Gasteiger partial charge in [-0.15, -0.1) is 0 Å².